The van der Waals surface area contributed by atoms with Crippen molar-refractivity contribution >= 4 is 29.9 Å². The van der Waals surface area contributed by atoms with E-state index in [0.29, 0.717) is 19.7 Å². The van der Waals surface area contributed by atoms with Gasteiger partial charge in [-0.2, -0.15) is 0 Å². The summed E-state index contributed by atoms with van der Waals surface area (Å²) in [6.07, 6.45) is 3.37. The van der Waals surface area contributed by atoms with E-state index in [-0.39, 0.29) is 36.0 Å². The molecule has 154 valence electrons. The molecule has 1 aromatic carbocycles. The molecule has 3 rings (SSSR count). The van der Waals surface area contributed by atoms with E-state index in [1.807, 2.05) is 41.8 Å². The van der Waals surface area contributed by atoms with Crippen molar-refractivity contribution in [3.63, 3.8) is 0 Å². The van der Waals surface area contributed by atoms with Crippen LogP contribution in [0.25, 0.3) is 5.69 Å². The third-order valence-corrected chi connectivity index (χ3v) is 4.83. The van der Waals surface area contributed by atoms with Gasteiger partial charge in [0, 0.05) is 37.4 Å². The molecule has 28 heavy (non-hydrogen) atoms. The number of rotatable bonds is 8. The number of aliphatic imine (C=N–C) groups is 1. The lowest BCUT2D eigenvalue weighted by molar-refractivity contribution is 0.127. The van der Waals surface area contributed by atoms with E-state index in [4.69, 9.17) is 4.74 Å². The number of hydrogen-bond donors (Lipinski definition) is 3. The van der Waals surface area contributed by atoms with Crippen LogP contribution in [0.4, 0.5) is 0 Å². The Bertz CT molecular complexity index is 731. The lowest BCUT2D eigenvalue weighted by Crippen LogP contribution is -2.44. The van der Waals surface area contributed by atoms with Crippen molar-refractivity contribution in [3.8, 4) is 5.69 Å². The van der Waals surface area contributed by atoms with Gasteiger partial charge < -0.3 is 20.5 Å². The molecule has 0 aliphatic carbocycles. The van der Waals surface area contributed by atoms with E-state index in [9.17, 15) is 5.11 Å². The van der Waals surface area contributed by atoms with Gasteiger partial charge in [0.1, 0.15) is 12.9 Å². The number of guanidine groups is 1. The van der Waals surface area contributed by atoms with E-state index in [1.54, 1.807) is 6.33 Å². The number of hydrogen-bond acceptors (Lipinski definition) is 5. The molecule has 1 aliphatic heterocycles. The molecular weight excluding hydrogens is 471 g/mol. The smallest absolute Gasteiger partial charge is 0.191 e. The fourth-order valence-electron chi connectivity index (χ4n) is 3.25. The van der Waals surface area contributed by atoms with Crippen molar-refractivity contribution in [1.29, 1.82) is 0 Å². The van der Waals surface area contributed by atoms with E-state index in [0.717, 1.165) is 43.5 Å². The molecule has 1 saturated heterocycles. The molecule has 2 heterocycles. The van der Waals surface area contributed by atoms with Crippen LogP contribution in [0.3, 0.4) is 0 Å². The van der Waals surface area contributed by atoms with Gasteiger partial charge in [0.15, 0.2) is 11.8 Å². The number of aliphatic hydroxyl groups is 1. The van der Waals surface area contributed by atoms with Gasteiger partial charge in [-0.1, -0.05) is 18.2 Å². The molecular formula is C19H29IN6O2. The molecule has 0 saturated carbocycles. The van der Waals surface area contributed by atoms with Crippen LogP contribution in [0.5, 0.6) is 0 Å². The predicted octanol–water partition coefficient (Wildman–Crippen LogP) is 1.73. The van der Waals surface area contributed by atoms with Gasteiger partial charge in [-0.25, -0.2) is 4.99 Å². The first-order valence-corrected chi connectivity index (χ1v) is 9.41. The minimum Gasteiger partial charge on any atom is -0.396 e. The quantitative estimate of drug-likeness (QED) is 0.290. The summed E-state index contributed by atoms with van der Waals surface area (Å²) in [5.41, 5.74) is 0.977. The number of aliphatic hydroxyl groups excluding tert-OH is 1. The maximum atomic E-state index is 9.38. The average molecular weight is 500 g/mol. The zero-order valence-corrected chi connectivity index (χ0v) is 18.5. The number of halogens is 1. The van der Waals surface area contributed by atoms with Crippen LogP contribution in [0.2, 0.25) is 0 Å². The highest BCUT2D eigenvalue weighted by Gasteiger charge is 2.34. The second-order valence-corrected chi connectivity index (χ2v) is 6.78. The van der Waals surface area contributed by atoms with Crippen LogP contribution < -0.4 is 10.6 Å². The Labute approximate surface area is 182 Å². The van der Waals surface area contributed by atoms with Crippen LogP contribution in [-0.2, 0) is 11.3 Å². The minimum atomic E-state index is -0.0327. The lowest BCUT2D eigenvalue weighted by atomic mass is 9.84. The fourth-order valence-corrected chi connectivity index (χ4v) is 3.25. The number of para-hydroxylation sites is 1. The van der Waals surface area contributed by atoms with Gasteiger partial charge in [0.05, 0.1) is 6.61 Å². The SMILES string of the molecule is CCNC(=NCc1nncn1-c1ccccc1)NCC1(CCO)CCOC1.I. The summed E-state index contributed by atoms with van der Waals surface area (Å²) >= 11 is 0. The Morgan fingerprint density at radius 1 is 1.32 bits per heavy atom. The van der Waals surface area contributed by atoms with Gasteiger partial charge in [-0.05, 0) is 31.9 Å². The summed E-state index contributed by atoms with van der Waals surface area (Å²) in [4.78, 5) is 4.66. The minimum absolute atomic E-state index is 0. The van der Waals surface area contributed by atoms with E-state index < -0.39 is 0 Å². The Balaban J connectivity index is 0.00000280. The molecule has 1 unspecified atom stereocenters. The average Bonchev–Trinajstić information content (AvgIpc) is 3.35. The second-order valence-electron chi connectivity index (χ2n) is 6.78. The molecule has 0 radical (unpaired) electrons. The molecule has 2 aromatic rings. The highest BCUT2D eigenvalue weighted by Crippen LogP contribution is 2.31. The molecule has 0 amide bonds. The number of nitrogens with one attached hydrogen (secondary N) is 2. The Morgan fingerprint density at radius 3 is 2.82 bits per heavy atom. The standard InChI is InChI=1S/C19H28N6O2.HI/c1-2-20-18(22-13-19(8-10-26)9-11-27-14-19)21-12-17-24-23-15-25(17)16-6-4-3-5-7-16;/h3-7,15,26H,2,8-14H2,1H3,(H2,20,21,22);1H. The van der Waals surface area contributed by atoms with E-state index in [1.165, 1.54) is 0 Å². The largest absolute Gasteiger partial charge is 0.396 e. The summed E-state index contributed by atoms with van der Waals surface area (Å²) in [5.74, 6) is 1.50. The van der Waals surface area contributed by atoms with Gasteiger partial charge in [-0.15, -0.1) is 34.2 Å². The summed E-state index contributed by atoms with van der Waals surface area (Å²) in [7, 11) is 0. The molecule has 1 aromatic heterocycles. The highest BCUT2D eigenvalue weighted by atomic mass is 127. The second kappa shape index (κ2) is 11.3. The third kappa shape index (κ3) is 5.89. The molecule has 1 aliphatic rings. The van der Waals surface area contributed by atoms with Crippen molar-refractivity contribution in [3.05, 3.63) is 42.5 Å². The van der Waals surface area contributed by atoms with Gasteiger partial charge in [-0.3, -0.25) is 4.57 Å². The van der Waals surface area contributed by atoms with Crippen molar-refractivity contribution in [2.75, 3.05) is 32.9 Å². The van der Waals surface area contributed by atoms with Crippen molar-refractivity contribution < 1.29 is 9.84 Å². The zero-order valence-electron chi connectivity index (χ0n) is 16.2. The van der Waals surface area contributed by atoms with Gasteiger partial charge in [0.2, 0.25) is 0 Å². The molecule has 0 spiro atoms. The number of nitrogens with zero attached hydrogens (tertiary/aromatic N) is 4. The van der Waals surface area contributed by atoms with Crippen molar-refractivity contribution in [2.45, 2.75) is 26.3 Å². The first-order valence-electron chi connectivity index (χ1n) is 9.41. The van der Waals surface area contributed by atoms with Crippen LogP contribution in [-0.4, -0.2) is 58.7 Å². The van der Waals surface area contributed by atoms with Gasteiger partial charge >= 0.3 is 0 Å². The van der Waals surface area contributed by atoms with Crippen LogP contribution in [0.15, 0.2) is 41.7 Å². The Hall–Kier alpha value is -1.72. The number of benzene rings is 1. The lowest BCUT2D eigenvalue weighted by Gasteiger charge is -2.27. The highest BCUT2D eigenvalue weighted by molar-refractivity contribution is 14.0. The predicted molar refractivity (Wildman–Crippen MR) is 119 cm³/mol. The van der Waals surface area contributed by atoms with Crippen LogP contribution >= 0.6 is 24.0 Å². The maximum absolute atomic E-state index is 9.38. The topological polar surface area (TPSA) is 96.6 Å². The molecule has 1 fully saturated rings. The monoisotopic (exact) mass is 500 g/mol. The first kappa shape index (κ1) is 22.6. The summed E-state index contributed by atoms with van der Waals surface area (Å²) in [6.45, 7) is 5.50. The van der Waals surface area contributed by atoms with Crippen LogP contribution in [0.1, 0.15) is 25.6 Å². The first-order chi connectivity index (χ1) is 13.3. The third-order valence-electron chi connectivity index (χ3n) is 4.83. The maximum Gasteiger partial charge on any atom is 0.191 e. The Morgan fingerprint density at radius 2 is 2.14 bits per heavy atom. The fraction of sp³-hybridized carbons (Fsp3) is 0.526. The van der Waals surface area contributed by atoms with E-state index in [2.05, 4.69) is 25.8 Å². The number of ether oxygens (including phenoxy) is 1. The summed E-state index contributed by atoms with van der Waals surface area (Å²) in [5, 5.41) is 24.3. The van der Waals surface area contributed by atoms with Gasteiger partial charge in [0.25, 0.3) is 0 Å². The summed E-state index contributed by atoms with van der Waals surface area (Å²) < 4.78 is 7.49. The molecule has 9 heteroatoms. The number of aromatic nitrogens is 3. The molecule has 3 N–H and O–H groups in total. The molecule has 1 atom stereocenters. The normalized spacial score (nSPS) is 19.3. The Kier molecular flexibility index (Phi) is 9.13. The summed E-state index contributed by atoms with van der Waals surface area (Å²) in [6, 6.07) is 9.97. The molecule has 0 bridgehead atoms. The molecule has 8 nitrogen and oxygen atoms in total. The zero-order chi connectivity index (χ0) is 19.0. The van der Waals surface area contributed by atoms with E-state index >= 15 is 0 Å². The van der Waals surface area contributed by atoms with Crippen LogP contribution in [0, 0.1) is 5.41 Å². The van der Waals surface area contributed by atoms with Crippen molar-refractivity contribution in [2.24, 2.45) is 10.4 Å². The van der Waals surface area contributed by atoms with Crippen molar-refractivity contribution in [1.82, 2.24) is 25.4 Å².